The second kappa shape index (κ2) is 15.2. The van der Waals surface area contributed by atoms with Crippen LogP contribution in [0.3, 0.4) is 0 Å². The third-order valence-electron chi connectivity index (χ3n) is 9.61. The van der Waals surface area contributed by atoms with Crippen LogP contribution >= 0.6 is 11.3 Å². The number of aliphatic hydroxyl groups is 1. The van der Waals surface area contributed by atoms with Crippen molar-refractivity contribution in [2.24, 2.45) is 16.8 Å². The van der Waals surface area contributed by atoms with Gasteiger partial charge in [-0.2, -0.15) is 0 Å². The fourth-order valence-electron chi connectivity index (χ4n) is 7.02. The first kappa shape index (κ1) is 36.0. The molecule has 4 atom stereocenters. The molecule has 270 valence electrons. The van der Waals surface area contributed by atoms with Crippen molar-refractivity contribution < 1.29 is 24.3 Å². The Balaban J connectivity index is 1.08. The molecule has 3 aromatic rings. The number of aromatic nitrogens is 4. The maximum absolute atomic E-state index is 13.5. The van der Waals surface area contributed by atoms with Crippen molar-refractivity contribution in [2.45, 2.75) is 90.9 Å². The number of rotatable bonds is 10. The van der Waals surface area contributed by atoms with E-state index in [-0.39, 0.29) is 41.6 Å². The molecule has 0 aliphatic carbocycles. The first-order chi connectivity index (χ1) is 24.4. The molecule has 3 aliphatic rings. The van der Waals surface area contributed by atoms with Gasteiger partial charge in [-0.25, -0.2) is 9.97 Å². The van der Waals surface area contributed by atoms with Crippen molar-refractivity contribution >= 4 is 51.2 Å². The van der Waals surface area contributed by atoms with E-state index in [1.165, 1.54) is 6.92 Å². The number of carbonyl (C=O) groups is 4. The predicted molar refractivity (Wildman–Crippen MR) is 192 cm³/mol. The number of hydrogen-bond donors (Lipinski definition) is 4. The Morgan fingerprint density at radius 3 is 2.29 bits per heavy atom. The molecule has 6 heterocycles. The van der Waals surface area contributed by atoms with E-state index in [1.807, 2.05) is 55.6 Å². The van der Waals surface area contributed by atoms with Crippen LogP contribution in [0.2, 0.25) is 0 Å². The zero-order chi connectivity index (χ0) is 36.4. The second-order valence-electron chi connectivity index (χ2n) is 14.0. The van der Waals surface area contributed by atoms with Gasteiger partial charge in [-0.3, -0.25) is 28.6 Å². The SMILES string of the molecule is CC(=O)N[C@H](C(=O)N1CCCC1C1=NC=C(c2cn3cc(C#Cc4cnc([C@@H]5CCCN5C(=O)[C@@H](NC(=O)CO)C(C)C)[nH]4)nc3s2)C1)C(C)C. The van der Waals surface area contributed by atoms with Crippen LogP contribution in [0.1, 0.15) is 94.9 Å². The van der Waals surface area contributed by atoms with Crippen molar-refractivity contribution in [3.8, 4) is 11.8 Å². The number of hydrogen-bond acceptors (Lipinski definition) is 9. The highest BCUT2D eigenvalue weighted by Gasteiger charge is 2.39. The summed E-state index contributed by atoms with van der Waals surface area (Å²) < 4.78 is 1.95. The monoisotopic (exact) mass is 715 g/mol. The van der Waals surface area contributed by atoms with Gasteiger partial charge in [0.05, 0.1) is 23.2 Å². The lowest BCUT2D eigenvalue weighted by Gasteiger charge is -2.31. The van der Waals surface area contributed by atoms with E-state index in [0.29, 0.717) is 36.7 Å². The lowest BCUT2D eigenvalue weighted by atomic mass is 9.99. The van der Waals surface area contributed by atoms with E-state index < -0.39 is 24.6 Å². The van der Waals surface area contributed by atoms with Gasteiger partial charge in [0.15, 0.2) is 4.96 Å². The lowest BCUT2D eigenvalue weighted by molar-refractivity contribution is -0.139. The van der Waals surface area contributed by atoms with Gasteiger partial charge < -0.3 is 30.5 Å². The van der Waals surface area contributed by atoms with Crippen LogP contribution in [0.15, 0.2) is 29.8 Å². The molecular formula is C36H45N9O5S. The Bertz CT molecular complexity index is 1910. The molecule has 0 bridgehead atoms. The number of likely N-dealkylation sites (tertiary alicyclic amines) is 2. The Labute approximate surface area is 300 Å². The smallest absolute Gasteiger partial charge is 0.246 e. The van der Waals surface area contributed by atoms with E-state index in [1.54, 1.807) is 22.4 Å². The largest absolute Gasteiger partial charge is 0.387 e. The number of nitrogens with zero attached hydrogens (tertiary/aromatic N) is 6. The minimum absolute atomic E-state index is 0.0187. The first-order valence-electron chi connectivity index (χ1n) is 17.5. The summed E-state index contributed by atoms with van der Waals surface area (Å²) in [4.78, 5) is 73.2. The fraction of sp³-hybridized carbons (Fsp3) is 0.528. The molecule has 4 N–H and O–H groups in total. The number of aromatic amines is 1. The normalized spacial score (nSPS) is 20.0. The molecule has 0 aromatic carbocycles. The molecule has 3 aromatic heterocycles. The van der Waals surface area contributed by atoms with Crippen LogP contribution in [0.4, 0.5) is 0 Å². The van der Waals surface area contributed by atoms with Crippen molar-refractivity contribution in [1.82, 2.24) is 39.8 Å². The third kappa shape index (κ3) is 7.77. The number of H-pyrrole nitrogens is 1. The topological polar surface area (TPSA) is 177 Å². The summed E-state index contributed by atoms with van der Waals surface area (Å²) >= 11 is 1.55. The summed E-state index contributed by atoms with van der Waals surface area (Å²) in [5, 5.41) is 14.6. The van der Waals surface area contributed by atoms with Gasteiger partial charge in [0.25, 0.3) is 0 Å². The first-order valence-corrected chi connectivity index (χ1v) is 18.3. The molecule has 14 nitrogen and oxygen atoms in total. The van der Waals surface area contributed by atoms with E-state index in [4.69, 9.17) is 9.98 Å². The Morgan fingerprint density at radius 2 is 1.65 bits per heavy atom. The number of allylic oxidation sites excluding steroid dienone is 1. The van der Waals surface area contributed by atoms with E-state index in [9.17, 15) is 24.3 Å². The summed E-state index contributed by atoms with van der Waals surface area (Å²) in [6.45, 7) is 9.58. The van der Waals surface area contributed by atoms with Crippen molar-refractivity contribution in [3.63, 3.8) is 0 Å². The number of imidazole rings is 2. The third-order valence-corrected chi connectivity index (χ3v) is 10.7. The number of carbonyl (C=O) groups excluding carboxylic acids is 4. The number of amides is 4. The molecule has 1 unspecified atom stereocenters. The van der Waals surface area contributed by atoms with Gasteiger partial charge in [0.2, 0.25) is 23.6 Å². The van der Waals surface area contributed by atoms with Crippen LogP contribution in [0.5, 0.6) is 0 Å². The molecule has 0 radical (unpaired) electrons. The lowest BCUT2D eigenvalue weighted by Crippen LogP contribution is -2.53. The Kier molecular flexibility index (Phi) is 10.7. The minimum Gasteiger partial charge on any atom is -0.387 e. The number of aliphatic imine (C=N–C) groups is 1. The van der Waals surface area contributed by atoms with Crippen LogP contribution < -0.4 is 10.6 Å². The highest BCUT2D eigenvalue weighted by molar-refractivity contribution is 7.18. The maximum atomic E-state index is 13.5. The minimum atomic E-state index is -0.734. The van der Waals surface area contributed by atoms with Crippen LogP contribution in [0.25, 0.3) is 10.5 Å². The van der Waals surface area contributed by atoms with Crippen molar-refractivity contribution in [3.05, 3.63) is 46.9 Å². The van der Waals surface area contributed by atoms with Crippen LogP contribution in [-0.2, 0) is 19.2 Å². The molecule has 6 rings (SSSR count). The van der Waals surface area contributed by atoms with E-state index in [0.717, 1.165) is 46.8 Å². The second-order valence-corrected chi connectivity index (χ2v) is 15.1. The molecule has 2 saturated heterocycles. The molecule has 51 heavy (non-hydrogen) atoms. The number of nitrogens with one attached hydrogen (secondary N) is 3. The van der Waals surface area contributed by atoms with E-state index in [2.05, 4.69) is 32.4 Å². The molecule has 15 heteroatoms. The number of aliphatic hydroxyl groups excluding tert-OH is 1. The van der Waals surface area contributed by atoms with Crippen LogP contribution in [-0.4, -0.2) is 101 Å². The Morgan fingerprint density at radius 1 is 0.980 bits per heavy atom. The van der Waals surface area contributed by atoms with Gasteiger partial charge in [-0.15, -0.1) is 0 Å². The van der Waals surface area contributed by atoms with Gasteiger partial charge in [-0.05, 0) is 54.9 Å². The van der Waals surface area contributed by atoms with Crippen LogP contribution in [0, 0.1) is 23.7 Å². The van der Waals surface area contributed by atoms with Crippen molar-refractivity contribution in [1.29, 1.82) is 0 Å². The molecule has 2 fully saturated rings. The zero-order valence-electron chi connectivity index (χ0n) is 29.6. The summed E-state index contributed by atoms with van der Waals surface area (Å²) in [5.41, 5.74) is 3.26. The standard InChI is InChI=1S/C36H45N9O5S/c1-20(2)31(39-22(5)47)34(49)44-12-6-8-27(44)26-14-23(15-37-26)29-18-43-17-25(41-36(43)51-29)11-10-24-16-38-33(40-24)28-9-7-13-45(28)35(50)32(21(3)4)42-30(48)19-46/h15-18,20-21,27-28,31-32,46H,6-9,12-14,19H2,1-5H3,(H,38,40)(H,39,47)(H,42,48)/t27?,28-,31-,32-/m0/s1. The number of thiazole rings is 1. The van der Waals surface area contributed by atoms with Crippen molar-refractivity contribution in [2.75, 3.05) is 19.7 Å². The maximum Gasteiger partial charge on any atom is 0.246 e. The summed E-state index contributed by atoms with van der Waals surface area (Å²) in [5.74, 6) is 5.66. The van der Waals surface area contributed by atoms with Gasteiger partial charge >= 0.3 is 0 Å². The molecule has 3 aliphatic heterocycles. The summed E-state index contributed by atoms with van der Waals surface area (Å²) in [7, 11) is 0. The molecule has 4 amide bonds. The van der Waals surface area contributed by atoms with Gasteiger partial charge in [-0.1, -0.05) is 39.0 Å². The van der Waals surface area contributed by atoms with E-state index >= 15 is 0 Å². The number of fused-ring (bicyclic) bond motifs is 1. The predicted octanol–water partition coefficient (Wildman–Crippen LogP) is 2.65. The highest BCUT2D eigenvalue weighted by atomic mass is 32.1. The highest BCUT2D eigenvalue weighted by Crippen LogP contribution is 2.34. The average molecular weight is 716 g/mol. The Hall–Kier alpha value is -4.81. The zero-order valence-corrected chi connectivity index (χ0v) is 30.4. The summed E-state index contributed by atoms with van der Waals surface area (Å²) in [6, 6.07) is -1.63. The quantitative estimate of drug-likeness (QED) is 0.233. The van der Waals surface area contributed by atoms with Gasteiger partial charge in [0.1, 0.15) is 35.9 Å². The average Bonchev–Trinajstić information content (AvgIpc) is 3.93. The molecular weight excluding hydrogens is 671 g/mol. The summed E-state index contributed by atoms with van der Waals surface area (Å²) in [6.07, 6.45) is 11.4. The van der Waals surface area contributed by atoms with Gasteiger partial charge in [0, 0.05) is 50.7 Å². The molecule has 0 spiro atoms. The fourth-order valence-corrected chi connectivity index (χ4v) is 7.99. The molecule has 0 saturated carbocycles.